The van der Waals surface area contributed by atoms with Gasteiger partial charge in [-0.05, 0) is 66.6 Å². The fraction of sp³-hybridized carbons (Fsp3) is 0.885. The van der Waals surface area contributed by atoms with E-state index in [1.165, 1.54) is 12.8 Å². The first-order chi connectivity index (χ1) is 16.7. The number of amides is 2. The van der Waals surface area contributed by atoms with Crippen molar-refractivity contribution in [3.8, 4) is 0 Å². The monoisotopic (exact) mass is 527 g/mol. The highest BCUT2D eigenvalue weighted by Crippen LogP contribution is 2.38. The highest BCUT2D eigenvalue weighted by atomic mass is 16.7. The number of carboxylic acid groups (broad SMARTS) is 1. The molecule has 0 aromatic rings. The van der Waals surface area contributed by atoms with Gasteiger partial charge >= 0.3 is 19.2 Å². The van der Waals surface area contributed by atoms with E-state index in [-0.39, 0.29) is 30.3 Å². The van der Waals surface area contributed by atoms with Gasteiger partial charge in [0, 0.05) is 12.6 Å². The molecule has 214 valence electrons. The first kappa shape index (κ1) is 33.2. The maximum Gasteiger partial charge on any atom is 0.457 e. The van der Waals surface area contributed by atoms with E-state index in [0.29, 0.717) is 13.0 Å². The second kappa shape index (κ2) is 12.8. The Balaban J connectivity index is 0.000000442. The molecule has 10 nitrogen and oxygen atoms in total. The number of alkyl carbamates (subject to hydrolysis) is 1. The van der Waals surface area contributed by atoms with Gasteiger partial charge in [-0.1, -0.05) is 40.5 Å². The minimum Gasteiger partial charge on any atom is -0.480 e. The van der Waals surface area contributed by atoms with Crippen molar-refractivity contribution < 1.29 is 33.5 Å². The van der Waals surface area contributed by atoms with Crippen LogP contribution >= 0.6 is 0 Å². The molecule has 0 aromatic heterocycles. The van der Waals surface area contributed by atoms with Crippen LogP contribution in [0.2, 0.25) is 6.32 Å². The topological polar surface area (TPSA) is 135 Å². The molecule has 2 heterocycles. The van der Waals surface area contributed by atoms with Crippen molar-refractivity contribution in [2.24, 2.45) is 5.41 Å². The number of rotatable bonds is 7. The number of ether oxygens (including phenoxy) is 1. The van der Waals surface area contributed by atoms with Crippen LogP contribution in [-0.2, 0) is 23.6 Å². The summed E-state index contributed by atoms with van der Waals surface area (Å²) in [4.78, 5) is 35.5. The predicted molar refractivity (Wildman–Crippen MR) is 144 cm³/mol. The van der Waals surface area contributed by atoms with Crippen molar-refractivity contribution >= 4 is 25.1 Å². The lowest BCUT2D eigenvalue weighted by atomic mass is 9.82. The second-order valence-corrected chi connectivity index (χ2v) is 13.0. The number of aliphatic carboxylic acids is 1. The molecular formula is C26H50BN3O7. The van der Waals surface area contributed by atoms with E-state index in [1.54, 1.807) is 20.8 Å². The normalized spacial score (nSPS) is 23.5. The Morgan fingerprint density at radius 2 is 1.62 bits per heavy atom. The maximum absolute atomic E-state index is 12.6. The number of carbonyl (C=O) groups excluding carboxylic acids is 2. The van der Waals surface area contributed by atoms with Gasteiger partial charge in [0.05, 0.1) is 11.2 Å². The van der Waals surface area contributed by atoms with E-state index < -0.39 is 35.2 Å². The Morgan fingerprint density at radius 3 is 2.03 bits per heavy atom. The Labute approximate surface area is 223 Å². The summed E-state index contributed by atoms with van der Waals surface area (Å²) in [7, 11) is 0.00458. The summed E-state index contributed by atoms with van der Waals surface area (Å²) in [5.41, 5.74) is -1.51. The van der Waals surface area contributed by atoms with E-state index in [2.05, 4.69) is 50.6 Å². The summed E-state index contributed by atoms with van der Waals surface area (Å²) in [6.45, 7) is 21.7. The molecule has 4 N–H and O–H groups in total. The SMILES string of the molecule is CC(C)(C)OC(=O)NC(C(=O)NC1CNC(C(=O)O)C1)C(C)(C)C.CCCCB1OC(C)(C)C(C)(C)O1. The van der Waals surface area contributed by atoms with Crippen LogP contribution in [0.4, 0.5) is 4.79 Å². The van der Waals surface area contributed by atoms with Crippen LogP contribution in [0.15, 0.2) is 0 Å². The van der Waals surface area contributed by atoms with E-state index in [4.69, 9.17) is 19.2 Å². The van der Waals surface area contributed by atoms with Crippen LogP contribution in [0.5, 0.6) is 0 Å². The molecular weight excluding hydrogens is 477 g/mol. The maximum atomic E-state index is 12.6. The molecule has 0 spiro atoms. The molecule has 37 heavy (non-hydrogen) atoms. The van der Waals surface area contributed by atoms with Crippen LogP contribution in [0, 0.1) is 5.41 Å². The minimum atomic E-state index is -0.939. The second-order valence-electron chi connectivity index (χ2n) is 13.0. The number of hydrogen-bond donors (Lipinski definition) is 4. The lowest BCUT2D eigenvalue weighted by Crippen LogP contribution is -2.56. The largest absolute Gasteiger partial charge is 0.480 e. The van der Waals surface area contributed by atoms with E-state index in [0.717, 1.165) is 6.32 Å². The number of nitrogens with one attached hydrogen (secondary N) is 3. The number of hydrogen-bond acceptors (Lipinski definition) is 7. The van der Waals surface area contributed by atoms with Crippen LogP contribution in [-0.4, -0.2) is 71.7 Å². The molecule has 2 rings (SSSR count). The Bertz CT molecular complexity index is 774. The standard InChI is InChI=1S/C16H29N3O5.C10H21BO2/c1-15(2,3)11(19-14(23)24-16(4,5)6)12(20)18-9-7-10(13(21)22)17-8-9;1-6-7-8-11-12-9(2,3)10(4,5)13-11/h9-11,17H,7-8H2,1-6H3,(H,18,20)(H,19,23)(H,21,22);6-8H2,1-5H3. The molecule has 3 atom stereocenters. The van der Waals surface area contributed by atoms with Gasteiger partial charge in [-0.25, -0.2) is 4.79 Å². The van der Waals surface area contributed by atoms with E-state index in [9.17, 15) is 14.4 Å². The summed E-state index contributed by atoms with van der Waals surface area (Å²) in [5, 5.41) is 17.2. The van der Waals surface area contributed by atoms with E-state index >= 15 is 0 Å². The summed E-state index contributed by atoms with van der Waals surface area (Å²) in [5.74, 6) is -1.29. The summed E-state index contributed by atoms with van der Waals surface area (Å²) >= 11 is 0. The lowest BCUT2D eigenvalue weighted by Gasteiger charge is -2.32. The third-order valence-electron chi connectivity index (χ3n) is 6.66. The summed E-state index contributed by atoms with van der Waals surface area (Å²) in [6, 6.07) is -1.75. The predicted octanol–water partition coefficient (Wildman–Crippen LogP) is 3.74. The van der Waals surface area contributed by atoms with Crippen LogP contribution in [0.25, 0.3) is 0 Å². The van der Waals surface area contributed by atoms with Crippen molar-refractivity contribution in [2.75, 3.05) is 6.54 Å². The minimum absolute atomic E-state index is 0.00458. The van der Waals surface area contributed by atoms with Gasteiger partial charge in [0.2, 0.25) is 5.91 Å². The highest BCUT2D eigenvalue weighted by molar-refractivity contribution is 6.45. The van der Waals surface area contributed by atoms with Crippen LogP contribution in [0.1, 0.15) is 95.4 Å². The molecule has 2 aliphatic heterocycles. The molecule has 2 fully saturated rings. The van der Waals surface area contributed by atoms with Gasteiger partial charge < -0.3 is 35.1 Å². The van der Waals surface area contributed by atoms with Gasteiger partial charge in [0.25, 0.3) is 0 Å². The van der Waals surface area contributed by atoms with Gasteiger partial charge in [0.15, 0.2) is 0 Å². The lowest BCUT2D eigenvalue weighted by molar-refractivity contribution is -0.139. The molecule has 11 heteroatoms. The van der Waals surface area contributed by atoms with Crippen LogP contribution < -0.4 is 16.0 Å². The Kier molecular flexibility index (Phi) is 11.5. The average Bonchev–Trinajstić information content (AvgIpc) is 3.24. The summed E-state index contributed by atoms with van der Waals surface area (Å²) < 4.78 is 16.9. The Hall–Kier alpha value is -1.85. The molecule has 0 bridgehead atoms. The molecule has 0 saturated carbocycles. The first-order valence-electron chi connectivity index (χ1n) is 13.3. The third kappa shape index (κ3) is 10.8. The first-order valence-corrected chi connectivity index (χ1v) is 13.3. The molecule has 3 unspecified atom stereocenters. The highest BCUT2D eigenvalue weighted by Gasteiger charge is 2.50. The van der Waals surface area contributed by atoms with Crippen molar-refractivity contribution in [2.45, 2.75) is 137 Å². The smallest absolute Gasteiger partial charge is 0.457 e. The van der Waals surface area contributed by atoms with Gasteiger partial charge in [0.1, 0.15) is 17.7 Å². The zero-order chi connectivity index (χ0) is 28.8. The van der Waals surface area contributed by atoms with Crippen molar-refractivity contribution in [1.82, 2.24) is 16.0 Å². The van der Waals surface area contributed by atoms with Crippen LogP contribution in [0.3, 0.4) is 0 Å². The number of carbonyl (C=O) groups is 3. The molecule has 2 aliphatic rings. The van der Waals surface area contributed by atoms with Crippen molar-refractivity contribution in [3.63, 3.8) is 0 Å². The quantitative estimate of drug-likeness (QED) is 0.368. The molecule has 0 aromatic carbocycles. The Morgan fingerprint density at radius 1 is 1.08 bits per heavy atom. The van der Waals surface area contributed by atoms with Crippen molar-refractivity contribution in [1.29, 1.82) is 0 Å². The number of carboxylic acids is 1. The average molecular weight is 528 g/mol. The number of unbranched alkanes of at least 4 members (excludes halogenated alkanes) is 1. The molecule has 2 amide bonds. The van der Waals surface area contributed by atoms with Gasteiger partial charge in [-0.15, -0.1) is 0 Å². The van der Waals surface area contributed by atoms with Crippen molar-refractivity contribution in [3.05, 3.63) is 0 Å². The van der Waals surface area contributed by atoms with Gasteiger partial charge in [-0.2, -0.15) is 0 Å². The molecule has 0 radical (unpaired) electrons. The zero-order valence-corrected chi connectivity index (χ0v) is 24.7. The summed E-state index contributed by atoms with van der Waals surface area (Å²) in [6.07, 6.45) is 3.04. The molecule has 2 saturated heterocycles. The third-order valence-corrected chi connectivity index (χ3v) is 6.66. The fourth-order valence-electron chi connectivity index (χ4n) is 3.87. The van der Waals surface area contributed by atoms with E-state index in [1.807, 2.05) is 20.8 Å². The zero-order valence-electron chi connectivity index (χ0n) is 24.7. The fourth-order valence-corrected chi connectivity index (χ4v) is 3.87. The van der Waals surface area contributed by atoms with Gasteiger partial charge in [-0.3, -0.25) is 9.59 Å². The molecule has 0 aliphatic carbocycles.